The molecule has 1 spiro atoms. The molecule has 0 aliphatic carbocycles. The highest BCUT2D eigenvalue weighted by atomic mass is 32.2. The lowest BCUT2D eigenvalue weighted by Gasteiger charge is -2.62. The zero-order valence-electron chi connectivity index (χ0n) is 31.4. The number of rotatable bonds is 2. The van der Waals surface area contributed by atoms with Gasteiger partial charge in [0.25, 0.3) is 0 Å². The summed E-state index contributed by atoms with van der Waals surface area (Å²) >= 11 is 1.68. The van der Waals surface area contributed by atoms with E-state index >= 15 is 0 Å². The number of phenolic OH excluding ortho intramolecular Hbond substituents is 1. The average molecular weight is 754 g/mol. The Balaban J connectivity index is 1.22. The van der Waals surface area contributed by atoms with Gasteiger partial charge in [-0.1, -0.05) is 17.7 Å². The van der Waals surface area contributed by atoms with Gasteiger partial charge in [0, 0.05) is 51.7 Å². The zero-order chi connectivity index (χ0) is 37.5. The van der Waals surface area contributed by atoms with Crippen molar-refractivity contribution in [3.63, 3.8) is 0 Å². The van der Waals surface area contributed by atoms with Crippen LogP contribution in [0.5, 0.6) is 23.0 Å². The Bertz CT molecular complexity index is 2280. The minimum Gasteiger partial charge on any atom is -0.504 e. The first kappa shape index (κ1) is 34.5. The molecule has 3 aromatic carbocycles. The fraction of sp³-hybridized carbons (Fsp3) is 0.488. The Hall–Kier alpha value is -3.98. The van der Waals surface area contributed by atoms with Gasteiger partial charge < -0.3 is 39.9 Å². The fourth-order valence-corrected chi connectivity index (χ4v) is 12.6. The van der Waals surface area contributed by atoms with E-state index in [9.17, 15) is 15.0 Å². The number of carbonyl (C=O) groups excluding carboxylic acids is 1. The second-order valence-corrected chi connectivity index (χ2v) is 17.2. The van der Waals surface area contributed by atoms with Gasteiger partial charge in [-0.15, -0.1) is 11.8 Å². The second-order valence-electron chi connectivity index (χ2n) is 16.1. The third kappa shape index (κ3) is 4.42. The summed E-state index contributed by atoms with van der Waals surface area (Å²) in [5.74, 6) is 1.88. The normalized spacial score (nSPS) is 31.2. The van der Waals surface area contributed by atoms with Gasteiger partial charge in [-0.3, -0.25) is 15.1 Å². The zero-order valence-corrected chi connectivity index (χ0v) is 32.2. The number of thioether (sulfide) groups is 1. The van der Waals surface area contributed by atoms with E-state index in [1.807, 2.05) is 6.92 Å². The minimum atomic E-state index is -1.23. The van der Waals surface area contributed by atoms with E-state index < -0.39 is 17.8 Å². The Morgan fingerprint density at radius 1 is 1.06 bits per heavy atom. The lowest BCUT2D eigenvalue weighted by Crippen LogP contribution is -2.70. The number of piperazine rings is 1. The van der Waals surface area contributed by atoms with E-state index in [-0.39, 0.29) is 54.5 Å². The molecule has 284 valence electrons. The number of aliphatic hydroxyl groups is 1. The smallest absolute Gasteiger partial charge is 0.333 e. The summed E-state index contributed by atoms with van der Waals surface area (Å²) in [5.41, 5.74) is 16.0. The quantitative estimate of drug-likeness (QED) is 0.187. The van der Waals surface area contributed by atoms with Gasteiger partial charge in [0.2, 0.25) is 6.79 Å². The Morgan fingerprint density at radius 3 is 2.63 bits per heavy atom. The highest BCUT2D eigenvalue weighted by molar-refractivity contribution is 7.99. The molecular formula is C41H47N5O7S. The molecule has 7 aliphatic rings. The molecule has 6 N–H and O–H groups in total. The molecule has 8 atom stereocenters. The first-order valence-electron chi connectivity index (χ1n) is 18.9. The van der Waals surface area contributed by atoms with E-state index in [0.29, 0.717) is 42.4 Å². The number of nitrogens with one attached hydrogen (secondary N) is 2. The van der Waals surface area contributed by atoms with Crippen LogP contribution < -0.4 is 25.3 Å². The van der Waals surface area contributed by atoms with E-state index in [2.05, 4.69) is 72.2 Å². The number of benzene rings is 3. The van der Waals surface area contributed by atoms with Crippen molar-refractivity contribution in [3.05, 3.63) is 80.0 Å². The summed E-state index contributed by atoms with van der Waals surface area (Å²) in [6.07, 6.45) is 0.294. The molecule has 12 nitrogen and oxygen atoms in total. The van der Waals surface area contributed by atoms with Crippen LogP contribution in [0.1, 0.15) is 73.1 Å². The Kier molecular flexibility index (Phi) is 7.67. The molecule has 54 heavy (non-hydrogen) atoms. The average Bonchev–Trinajstić information content (AvgIpc) is 3.79. The van der Waals surface area contributed by atoms with Gasteiger partial charge in [-0.25, -0.2) is 4.79 Å². The highest BCUT2D eigenvalue weighted by Gasteiger charge is 2.61. The number of phenols is 1. The number of nitrogens with two attached hydrogens (primary N) is 1. The number of aromatic hydroxyl groups is 1. The van der Waals surface area contributed by atoms with Crippen LogP contribution in [0, 0.1) is 27.7 Å². The summed E-state index contributed by atoms with van der Waals surface area (Å²) in [5, 5.41) is 29.2. The first-order chi connectivity index (χ1) is 26.0. The molecule has 0 amide bonds. The topological polar surface area (TPSA) is 155 Å². The number of hydrogen-bond acceptors (Lipinski definition) is 12. The molecule has 4 aromatic rings. The standard InChI is InChI=1S/C41H47N5O7S/c1-17-7-8-25-23(9-17)24-12-22(13-42)44-41(38(24)43-25)15-54-37-28-19(3)20(4)35-36(53-16-52-35)30(28)27(14-51-40(41)49)46-32(37)31-29-21(11-26(39(46)48)45(31)5)10-18(2)34(50-6)33(29)47/h7-10,22,26-27,31-32,37,39,43-44,47-48H,11-16,42H2,1-6H3/t22-,26-,27-,31+,32+,37+,39-,41+/m0/s1. The first-order valence-corrected chi connectivity index (χ1v) is 19.9. The van der Waals surface area contributed by atoms with Gasteiger partial charge in [0.15, 0.2) is 28.5 Å². The van der Waals surface area contributed by atoms with Gasteiger partial charge in [0.1, 0.15) is 12.8 Å². The largest absolute Gasteiger partial charge is 0.504 e. The summed E-state index contributed by atoms with van der Waals surface area (Å²) in [4.78, 5) is 23.0. The van der Waals surface area contributed by atoms with Crippen molar-refractivity contribution in [2.45, 2.75) is 87.8 Å². The Morgan fingerprint density at radius 2 is 1.85 bits per heavy atom. The molecule has 0 saturated carbocycles. The lowest BCUT2D eigenvalue weighted by atomic mass is 9.72. The van der Waals surface area contributed by atoms with Crippen LogP contribution in [0.2, 0.25) is 0 Å². The van der Waals surface area contributed by atoms with Crippen LogP contribution in [0.15, 0.2) is 24.3 Å². The maximum absolute atomic E-state index is 15.0. The number of carbonyl (C=O) groups is 1. The van der Waals surface area contributed by atoms with E-state index in [4.69, 9.17) is 24.7 Å². The number of likely N-dealkylation sites (N-methyl/N-ethyl adjacent to an activating group) is 1. The van der Waals surface area contributed by atoms with Crippen LogP contribution in [0.4, 0.5) is 0 Å². The number of nitrogens with zero attached hydrogens (tertiary/aromatic N) is 2. The van der Waals surface area contributed by atoms with E-state index in [1.165, 1.54) is 0 Å². The molecule has 2 fully saturated rings. The highest BCUT2D eigenvalue weighted by Crippen LogP contribution is 2.63. The number of fused-ring (bicyclic) bond motifs is 11. The summed E-state index contributed by atoms with van der Waals surface area (Å²) in [6, 6.07) is 6.74. The van der Waals surface area contributed by atoms with Crippen LogP contribution >= 0.6 is 11.8 Å². The second kappa shape index (κ2) is 12.0. The van der Waals surface area contributed by atoms with Crippen LogP contribution in [0.3, 0.4) is 0 Å². The third-order valence-corrected chi connectivity index (χ3v) is 14.9. The number of aromatic nitrogens is 1. The molecule has 1 aromatic heterocycles. The third-order valence-electron chi connectivity index (χ3n) is 13.4. The molecule has 13 heteroatoms. The summed E-state index contributed by atoms with van der Waals surface area (Å²) in [6.45, 7) is 8.64. The van der Waals surface area contributed by atoms with Crippen LogP contribution in [-0.2, 0) is 27.9 Å². The number of esters is 1. The van der Waals surface area contributed by atoms with Crippen molar-refractivity contribution in [3.8, 4) is 23.0 Å². The van der Waals surface area contributed by atoms with Crippen LogP contribution in [0.25, 0.3) is 10.9 Å². The molecule has 0 unspecified atom stereocenters. The summed E-state index contributed by atoms with van der Waals surface area (Å²) in [7, 11) is 3.64. The van der Waals surface area contributed by atoms with Gasteiger partial charge >= 0.3 is 5.97 Å². The van der Waals surface area contributed by atoms with Gasteiger partial charge in [-0.2, -0.15) is 0 Å². The van der Waals surface area contributed by atoms with Gasteiger partial charge in [-0.05, 0) is 93.1 Å². The predicted octanol–water partition coefficient (Wildman–Crippen LogP) is 4.20. The summed E-state index contributed by atoms with van der Waals surface area (Å²) < 4.78 is 24.7. The molecule has 2 saturated heterocycles. The number of aliphatic hydroxyl groups excluding tert-OH is 1. The number of hydrogen-bond donors (Lipinski definition) is 5. The molecular weight excluding hydrogens is 707 g/mol. The van der Waals surface area contributed by atoms with Crippen molar-refractivity contribution in [1.82, 2.24) is 20.1 Å². The fourth-order valence-electron chi connectivity index (χ4n) is 10.8. The van der Waals surface area contributed by atoms with Gasteiger partial charge in [0.05, 0.1) is 30.9 Å². The van der Waals surface area contributed by atoms with Crippen molar-refractivity contribution in [2.75, 3.05) is 39.9 Å². The van der Waals surface area contributed by atoms with Crippen molar-refractivity contribution < 1.29 is 34.0 Å². The number of methoxy groups -OCH3 is 1. The minimum absolute atomic E-state index is 0.0281. The van der Waals surface area contributed by atoms with Crippen molar-refractivity contribution in [1.29, 1.82) is 0 Å². The van der Waals surface area contributed by atoms with Crippen molar-refractivity contribution >= 4 is 28.6 Å². The van der Waals surface area contributed by atoms with E-state index in [1.54, 1.807) is 18.9 Å². The monoisotopic (exact) mass is 753 g/mol. The Labute approximate surface area is 318 Å². The number of ether oxygens (including phenoxy) is 4. The van der Waals surface area contributed by atoms with Crippen molar-refractivity contribution in [2.24, 2.45) is 5.73 Å². The molecule has 7 aliphatic heterocycles. The molecule has 0 radical (unpaired) electrons. The SMILES string of the molecule is COc1c(C)cc2c(c1O)[C@@H]1[C@@H]3[C@@H]4SC[C@]5(N[C@H](CN)Cc6c5[nH]c5ccc(C)cc65)C(=O)OC[C@@H](c5c6c(c(C)c(C)c54)OCO6)N3[C@@H](O)[C@H](C2)N1C. The van der Waals surface area contributed by atoms with Crippen LogP contribution in [-0.4, -0.2) is 95.2 Å². The molecule has 11 rings (SSSR count). The number of aryl methyl sites for hydroxylation is 2. The predicted molar refractivity (Wildman–Crippen MR) is 204 cm³/mol. The number of aromatic amines is 1. The molecule has 8 heterocycles. The maximum atomic E-state index is 15.0. The lowest BCUT2D eigenvalue weighted by molar-refractivity contribution is -0.186. The maximum Gasteiger partial charge on any atom is 0.333 e. The van der Waals surface area contributed by atoms with E-state index in [0.717, 1.165) is 66.7 Å². The molecule has 4 bridgehead atoms. The number of H-pyrrole nitrogens is 1.